The first kappa shape index (κ1) is 18.7. The van der Waals surface area contributed by atoms with E-state index in [1.807, 2.05) is 73.7 Å². The second kappa shape index (κ2) is 7.87. The molecule has 0 atom stereocenters. The minimum atomic E-state index is -0.168. The van der Waals surface area contributed by atoms with Crippen LogP contribution in [0, 0.1) is 6.92 Å². The largest absolute Gasteiger partial charge is 0.332 e. The number of carbonyl (C=O) groups is 1. The van der Waals surface area contributed by atoms with E-state index >= 15 is 0 Å². The molecule has 3 aromatic carbocycles. The average molecular weight is 408 g/mol. The number of amides is 1. The zero-order chi connectivity index (χ0) is 21.2. The van der Waals surface area contributed by atoms with Gasteiger partial charge in [-0.2, -0.15) is 0 Å². The highest BCUT2D eigenvalue weighted by atomic mass is 16.1. The standard InChI is InChI=1S/C24H20N6O/c1-17-11-12-20(14-22(17)30-16-25-27-28-30)26-24(31)23-13-19-9-5-6-10-21(19)29(23)15-18-7-3-2-4-8-18/h2-14,16H,15H2,1H3,(H,26,31). The maximum atomic E-state index is 13.3. The molecular formula is C24H20N6O. The molecule has 5 aromatic rings. The van der Waals surface area contributed by atoms with Crippen molar-refractivity contribution in [1.82, 2.24) is 24.8 Å². The van der Waals surface area contributed by atoms with Crippen LogP contribution in [0.1, 0.15) is 21.6 Å². The van der Waals surface area contributed by atoms with E-state index in [9.17, 15) is 4.79 Å². The lowest BCUT2D eigenvalue weighted by Gasteiger charge is -2.13. The van der Waals surface area contributed by atoms with Gasteiger partial charge in [-0.25, -0.2) is 4.68 Å². The third-order valence-corrected chi connectivity index (χ3v) is 5.29. The number of hydrogen-bond acceptors (Lipinski definition) is 4. The Kier molecular flexibility index (Phi) is 4.76. The highest BCUT2D eigenvalue weighted by Gasteiger charge is 2.17. The van der Waals surface area contributed by atoms with Gasteiger partial charge >= 0.3 is 0 Å². The van der Waals surface area contributed by atoms with Crippen LogP contribution in [0.5, 0.6) is 0 Å². The summed E-state index contributed by atoms with van der Waals surface area (Å²) in [5, 5.41) is 15.4. The molecule has 0 aliphatic carbocycles. The molecular weight excluding hydrogens is 388 g/mol. The molecule has 1 N–H and O–H groups in total. The number of carbonyl (C=O) groups excluding carboxylic acids is 1. The lowest BCUT2D eigenvalue weighted by Crippen LogP contribution is -2.17. The Labute approximate surface area is 178 Å². The summed E-state index contributed by atoms with van der Waals surface area (Å²) < 4.78 is 3.63. The number of rotatable bonds is 5. The normalized spacial score (nSPS) is 11.0. The monoisotopic (exact) mass is 408 g/mol. The first-order valence-electron chi connectivity index (χ1n) is 9.96. The number of aryl methyl sites for hydroxylation is 1. The smallest absolute Gasteiger partial charge is 0.272 e. The fraction of sp³-hybridized carbons (Fsp3) is 0.0833. The molecule has 0 radical (unpaired) electrons. The van der Waals surface area contributed by atoms with Crippen molar-refractivity contribution in [3.8, 4) is 5.69 Å². The summed E-state index contributed by atoms with van der Waals surface area (Å²) in [6.07, 6.45) is 1.53. The molecule has 0 saturated carbocycles. The number of nitrogens with zero attached hydrogens (tertiary/aromatic N) is 5. The Morgan fingerprint density at radius 1 is 0.968 bits per heavy atom. The van der Waals surface area contributed by atoms with Gasteiger partial charge in [-0.1, -0.05) is 54.6 Å². The SMILES string of the molecule is Cc1ccc(NC(=O)c2cc3ccccc3n2Cc2ccccc2)cc1-n1cnnn1. The van der Waals surface area contributed by atoms with E-state index in [4.69, 9.17) is 0 Å². The van der Waals surface area contributed by atoms with Crippen LogP contribution in [0.25, 0.3) is 16.6 Å². The van der Waals surface area contributed by atoms with Gasteiger partial charge in [-0.15, -0.1) is 5.10 Å². The Morgan fingerprint density at radius 2 is 1.77 bits per heavy atom. The van der Waals surface area contributed by atoms with Gasteiger partial charge in [0.2, 0.25) is 0 Å². The van der Waals surface area contributed by atoms with E-state index in [1.165, 1.54) is 6.33 Å². The van der Waals surface area contributed by atoms with Gasteiger partial charge < -0.3 is 9.88 Å². The number of hydrogen-bond donors (Lipinski definition) is 1. The van der Waals surface area contributed by atoms with Crippen LogP contribution in [0.3, 0.4) is 0 Å². The molecule has 152 valence electrons. The molecule has 0 bridgehead atoms. The second-order valence-electron chi connectivity index (χ2n) is 7.37. The zero-order valence-electron chi connectivity index (χ0n) is 16.9. The molecule has 0 fully saturated rings. The minimum Gasteiger partial charge on any atom is -0.332 e. The number of fused-ring (bicyclic) bond motifs is 1. The molecule has 1 amide bonds. The van der Waals surface area contributed by atoms with Crippen molar-refractivity contribution in [3.63, 3.8) is 0 Å². The van der Waals surface area contributed by atoms with Crippen molar-refractivity contribution in [3.05, 3.63) is 102 Å². The number of nitrogens with one attached hydrogen (secondary N) is 1. The topological polar surface area (TPSA) is 77.6 Å². The van der Waals surface area contributed by atoms with Crippen molar-refractivity contribution in [2.45, 2.75) is 13.5 Å². The lowest BCUT2D eigenvalue weighted by molar-refractivity contribution is 0.101. The van der Waals surface area contributed by atoms with E-state index < -0.39 is 0 Å². The van der Waals surface area contributed by atoms with Crippen molar-refractivity contribution < 1.29 is 4.79 Å². The van der Waals surface area contributed by atoms with Crippen LogP contribution >= 0.6 is 0 Å². The zero-order valence-corrected chi connectivity index (χ0v) is 16.9. The van der Waals surface area contributed by atoms with Crippen molar-refractivity contribution in [1.29, 1.82) is 0 Å². The fourth-order valence-electron chi connectivity index (χ4n) is 3.74. The summed E-state index contributed by atoms with van der Waals surface area (Å²) in [5.74, 6) is -0.168. The number of benzene rings is 3. The predicted octanol–water partition coefficient (Wildman–Crippen LogP) is 4.23. The van der Waals surface area contributed by atoms with E-state index in [0.29, 0.717) is 17.9 Å². The van der Waals surface area contributed by atoms with Gasteiger partial charge in [0.05, 0.1) is 5.69 Å². The number of aromatic nitrogens is 5. The highest BCUT2D eigenvalue weighted by Crippen LogP contribution is 2.24. The molecule has 7 heteroatoms. The van der Waals surface area contributed by atoms with E-state index in [0.717, 1.165) is 27.7 Å². The Balaban J connectivity index is 1.50. The summed E-state index contributed by atoms with van der Waals surface area (Å²) in [5.41, 5.74) is 5.26. The van der Waals surface area contributed by atoms with Gasteiger partial charge in [-0.3, -0.25) is 4.79 Å². The highest BCUT2D eigenvalue weighted by molar-refractivity contribution is 6.06. The molecule has 0 unspecified atom stereocenters. The number of tetrazole rings is 1. The van der Waals surface area contributed by atoms with Crippen molar-refractivity contribution >= 4 is 22.5 Å². The van der Waals surface area contributed by atoms with E-state index in [1.54, 1.807) is 4.68 Å². The molecule has 0 aliphatic rings. The lowest BCUT2D eigenvalue weighted by atomic mass is 10.1. The van der Waals surface area contributed by atoms with Crippen molar-refractivity contribution in [2.24, 2.45) is 0 Å². The molecule has 7 nitrogen and oxygen atoms in total. The van der Waals surface area contributed by atoms with Gasteiger partial charge in [0.15, 0.2) is 0 Å². The second-order valence-corrected chi connectivity index (χ2v) is 7.37. The molecule has 0 spiro atoms. The summed E-state index contributed by atoms with van der Waals surface area (Å²) in [6.45, 7) is 2.58. The molecule has 5 rings (SSSR count). The van der Waals surface area contributed by atoms with Gasteiger partial charge in [0.25, 0.3) is 5.91 Å². The van der Waals surface area contributed by atoms with E-state index in [2.05, 4.69) is 37.5 Å². The Morgan fingerprint density at radius 3 is 2.58 bits per heavy atom. The average Bonchev–Trinajstić information content (AvgIpc) is 3.45. The van der Waals surface area contributed by atoms with Gasteiger partial charge in [0, 0.05) is 23.1 Å². The molecule has 2 heterocycles. The summed E-state index contributed by atoms with van der Waals surface area (Å²) in [6, 6.07) is 25.8. The van der Waals surface area contributed by atoms with Crippen LogP contribution in [-0.2, 0) is 6.54 Å². The molecule has 31 heavy (non-hydrogen) atoms. The van der Waals surface area contributed by atoms with Crippen LogP contribution in [-0.4, -0.2) is 30.7 Å². The Hall–Kier alpha value is -4.26. The third-order valence-electron chi connectivity index (χ3n) is 5.29. The quantitative estimate of drug-likeness (QED) is 0.472. The number of para-hydroxylation sites is 1. The first-order chi connectivity index (χ1) is 15.2. The van der Waals surface area contributed by atoms with Crippen LogP contribution in [0.2, 0.25) is 0 Å². The fourth-order valence-corrected chi connectivity index (χ4v) is 3.74. The molecule has 2 aromatic heterocycles. The molecule has 0 saturated heterocycles. The summed E-state index contributed by atoms with van der Waals surface area (Å²) in [7, 11) is 0. The van der Waals surface area contributed by atoms with E-state index in [-0.39, 0.29) is 5.91 Å². The number of anilines is 1. The van der Waals surface area contributed by atoms with Crippen LogP contribution < -0.4 is 5.32 Å². The van der Waals surface area contributed by atoms with Gasteiger partial charge in [-0.05, 0) is 52.7 Å². The summed E-state index contributed by atoms with van der Waals surface area (Å²) >= 11 is 0. The maximum absolute atomic E-state index is 13.3. The third kappa shape index (κ3) is 3.69. The van der Waals surface area contributed by atoms with Gasteiger partial charge in [0.1, 0.15) is 12.0 Å². The first-order valence-corrected chi connectivity index (χ1v) is 9.96. The summed E-state index contributed by atoms with van der Waals surface area (Å²) in [4.78, 5) is 13.3. The minimum absolute atomic E-state index is 0.168. The van der Waals surface area contributed by atoms with Crippen LogP contribution in [0.4, 0.5) is 5.69 Å². The van der Waals surface area contributed by atoms with Crippen molar-refractivity contribution in [2.75, 3.05) is 5.32 Å². The van der Waals surface area contributed by atoms with Crippen LogP contribution in [0.15, 0.2) is 85.2 Å². The Bertz CT molecular complexity index is 1360. The maximum Gasteiger partial charge on any atom is 0.272 e. The predicted molar refractivity (Wildman–Crippen MR) is 119 cm³/mol. The molecule has 0 aliphatic heterocycles.